The number of fused-ring (bicyclic) bond motifs is 20. The first kappa shape index (κ1) is 79.3. The van der Waals surface area contributed by atoms with Gasteiger partial charge in [0.25, 0.3) is 0 Å². The first-order valence-electron chi connectivity index (χ1n) is 45.9. The van der Waals surface area contributed by atoms with Gasteiger partial charge in [-0.1, -0.05) is 373 Å². The van der Waals surface area contributed by atoms with Gasteiger partial charge in [0, 0.05) is 103 Å². The summed E-state index contributed by atoms with van der Waals surface area (Å²) in [5.74, 6) is 2.32. The Morgan fingerprint density at radius 3 is 1.29 bits per heavy atom. The molecule has 0 spiro atoms. The number of pyridine rings is 1. The third-order valence-corrected chi connectivity index (χ3v) is 28.9. The van der Waals surface area contributed by atoms with Crippen molar-refractivity contribution in [3.8, 4) is 129 Å². The maximum absolute atomic E-state index is 5.26. The minimum atomic E-state index is -0.0934. The lowest BCUT2D eigenvalue weighted by atomic mass is 9.82. The lowest BCUT2D eigenvalue weighted by Gasteiger charge is -2.21. The predicted octanol–water partition coefficient (Wildman–Crippen LogP) is 32.8. The summed E-state index contributed by atoms with van der Waals surface area (Å²) in [6.45, 7) is 9.35. The molecule has 0 atom stereocenters. The molecule has 0 unspecified atom stereocenters. The molecule has 0 aliphatic heterocycles. The fourth-order valence-electron chi connectivity index (χ4n) is 21.1. The number of hydrogen-bond donors (Lipinski definition) is 0. The topological polar surface area (TPSA) is 79.2 Å². The Morgan fingerprint density at radius 1 is 0.231 bits per heavy atom. The third-order valence-electron chi connectivity index (χ3n) is 27.7. The summed E-state index contributed by atoms with van der Waals surface area (Å²) in [7, 11) is 0. The van der Waals surface area contributed by atoms with Gasteiger partial charge in [-0.25, -0.2) is 24.9 Å². The molecule has 0 N–H and O–H groups in total. The van der Waals surface area contributed by atoms with Crippen molar-refractivity contribution >= 4 is 108 Å². The number of hydrogen-bond acceptors (Lipinski definition) is 6. The Balaban J connectivity index is 0.000000108. The summed E-state index contributed by atoms with van der Waals surface area (Å²) < 4.78 is 9.65. The Hall–Kier alpha value is -16.9. The van der Waals surface area contributed by atoms with Crippen LogP contribution in [0.15, 0.2) is 449 Å². The Bertz CT molecular complexity index is 8920. The van der Waals surface area contributed by atoms with E-state index in [0.717, 1.165) is 78.3 Å². The van der Waals surface area contributed by atoms with Crippen LogP contribution in [0, 0.1) is 0 Å². The van der Waals surface area contributed by atoms with Crippen LogP contribution in [0.25, 0.3) is 226 Å². The molecule has 0 bridgehead atoms. The van der Waals surface area contributed by atoms with Crippen LogP contribution in [0.3, 0.4) is 0 Å². The third kappa shape index (κ3) is 13.4. The van der Waals surface area contributed by atoms with Crippen LogP contribution in [0.1, 0.15) is 49.9 Å². The minimum Gasteiger partial charge on any atom is -0.309 e. The maximum atomic E-state index is 5.26. The van der Waals surface area contributed by atoms with Crippen LogP contribution in [0.2, 0.25) is 0 Å². The molecule has 0 radical (unpaired) electrons. The van der Waals surface area contributed by atoms with Crippen molar-refractivity contribution in [2.45, 2.75) is 38.5 Å². The number of aromatic nitrogens is 8. The van der Waals surface area contributed by atoms with Crippen LogP contribution in [-0.2, 0) is 10.8 Å². The number of rotatable bonds is 11. The fourth-order valence-corrected chi connectivity index (χ4v) is 22.4. The molecule has 2 aliphatic rings. The molecule has 134 heavy (non-hydrogen) atoms. The Morgan fingerprint density at radius 2 is 0.687 bits per heavy atom. The molecule has 0 amide bonds. The van der Waals surface area contributed by atoms with E-state index in [9.17, 15) is 0 Å². The summed E-state index contributed by atoms with van der Waals surface area (Å²) in [5.41, 5.74) is 36.2. The van der Waals surface area contributed by atoms with Gasteiger partial charge in [0.15, 0.2) is 5.82 Å². The van der Waals surface area contributed by atoms with Crippen molar-refractivity contribution < 1.29 is 0 Å². The van der Waals surface area contributed by atoms with E-state index in [-0.39, 0.29) is 10.8 Å². The van der Waals surface area contributed by atoms with E-state index in [1.54, 1.807) is 0 Å². The molecule has 7 aromatic heterocycles. The second-order valence-electron chi connectivity index (χ2n) is 36.2. The monoisotopic (exact) mass is 1730 g/mol. The zero-order chi connectivity index (χ0) is 89.3. The highest BCUT2D eigenvalue weighted by atomic mass is 32.1. The van der Waals surface area contributed by atoms with E-state index < -0.39 is 0 Å². The number of thiophene rings is 1. The standard InChI is InChI=1S/2C43H31N3.C39H24N2S/c1-43(2)36-22-11-9-20-32(36)34-25-35-33-21-10-12-23-40(33)46(41(35)26-37(34)43)31-19-13-18-30(24-31)42-44-38(28-14-5-3-6-15-28)27-39(45-42)29-16-7-4-8-17-29;1-43(2)37-17-8-6-15-33(37)35-26-36-34-16-7-9-18-40(34)46(41(36)27-38(35)43)42-44-24-23-39(45-42)32-14-10-13-31(25-32)30-21-19-29(20-22-30)28-11-4-3-5-12-28;1-2-10-25(11-3-1)26-18-20-27(21-19-26)32-24-37(40-33-15-7-4-12-28(32)33)41-34-16-8-5-14-31(34)38-35(41)23-22-30-29-13-6-9-17-36(29)42-39(30)38/h2*3-27H,1-2H3;1-24H. The van der Waals surface area contributed by atoms with Crippen molar-refractivity contribution in [3.05, 3.63) is 471 Å². The van der Waals surface area contributed by atoms with Crippen molar-refractivity contribution in [1.82, 2.24) is 38.6 Å². The van der Waals surface area contributed by atoms with E-state index in [1.165, 1.54) is 158 Å². The lowest BCUT2D eigenvalue weighted by Crippen LogP contribution is -2.15. The molecular weight excluding hydrogens is 1650 g/mol. The van der Waals surface area contributed by atoms with Crippen molar-refractivity contribution in [3.63, 3.8) is 0 Å². The number of nitrogens with zero attached hydrogens (tertiary/aromatic N) is 8. The van der Waals surface area contributed by atoms with Crippen LogP contribution in [-0.4, -0.2) is 38.6 Å². The van der Waals surface area contributed by atoms with Gasteiger partial charge in [-0.15, -0.1) is 11.3 Å². The Labute approximate surface area is 780 Å². The average Bonchev–Trinajstić information content (AvgIpc) is 1.57. The van der Waals surface area contributed by atoms with Gasteiger partial charge >= 0.3 is 0 Å². The molecule has 25 aromatic rings. The van der Waals surface area contributed by atoms with Gasteiger partial charge in [0.2, 0.25) is 5.95 Å². The van der Waals surface area contributed by atoms with Gasteiger partial charge < -0.3 is 4.57 Å². The van der Waals surface area contributed by atoms with E-state index in [1.807, 2.05) is 35.7 Å². The zero-order valence-electron chi connectivity index (χ0n) is 74.2. The summed E-state index contributed by atoms with van der Waals surface area (Å²) in [6, 6.07) is 158. The van der Waals surface area contributed by atoms with E-state index in [0.29, 0.717) is 11.8 Å². The quantitative estimate of drug-likeness (QED) is 0.129. The van der Waals surface area contributed by atoms with Gasteiger partial charge in [0.1, 0.15) is 5.82 Å². The molecular formula is C125H86N8S. The van der Waals surface area contributed by atoms with Crippen LogP contribution >= 0.6 is 11.3 Å². The maximum Gasteiger partial charge on any atom is 0.235 e. The molecule has 0 saturated heterocycles. The molecule has 632 valence electrons. The lowest BCUT2D eigenvalue weighted by molar-refractivity contribution is 0.661. The molecule has 2 aliphatic carbocycles. The first-order chi connectivity index (χ1) is 65.9. The number of para-hydroxylation sites is 4. The number of benzene rings is 18. The van der Waals surface area contributed by atoms with Crippen LogP contribution in [0.4, 0.5) is 0 Å². The van der Waals surface area contributed by atoms with Gasteiger partial charge in [0.05, 0.1) is 55.7 Å². The molecule has 0 fully saturated rings. The minimum absolute atomic E-state index is 0.0805. The zero-order valence-corrected chi connectivity index (χ0v) is 75.0. The molecule has 7 heterocycles. The predicted molar refractivity (Wildman–Crippen MR) is 560 cm³/mol. The van der Waals surface area contributed by atoms with Gasteiger partial charge in [-0.3, -0.25) is 9.13 Å². The van der Waals surface area contributed by atoms with Crippen LogP contribution < -0.4 is 0 Å². The van der Waals surface area contributed by atoms with E-state index in [4.69, 9.17) is 24.9 Å². The highest BCUT2D eigenvalue weighted by Gasteiger charge is 2.38. The smallest absolute Gasteiger partial charge is 0.235 e. The fraction of sp³-hybridized carbons (Fsp3) is 0.0480. The van der Waals surface area contributed by atoms with Crippen molar-refractivity contribution in [2.24, 2.45) is 0 Å². The highest BCUT2D eigenvalue weighted by Crippen LogP contribution is 2.54. The normalized spacial score (nSPS) is 12.7. The molecule has 9 heteroatoms. The summed E-state index contributed by atoms with van der Waals surface area (Å²) >= 11 is 1.88. The second-order valence-corrected chi connectivity index (χ2v) is 37.2. The molecule has 0 saturated carbocycles. The summed E-state index contributed by atoms with van der Waals surface area (Å²) in [6.07, 6.45) is 1.88. The van der Waals surface area contributed by atoms with Crippen molar-refractivity contribution in [1.29, 1.82) is 0 Å². The second kappa shape index (κ2) is 32.1. The van der Waals surface area contributed by atoms with Crippen LogP contribution in [0.5, 0.6) is 0 Å². The molecule has 18 aromatic carbocycles. The average molecular weight is 1730 g/mol. The van der Waals surface area contributed by atoms with E-state index in [2.05, 4.69) is 466 Å². The highest BCUT2D eigenvalue weighted by molar-refractivity contribution is 7.26. The Kier molecular flexibility index (Phi) is 19.0. The summed E-state index contributed by atoms with van der Waals surface area (Å²) in [5, 5.41) is 11.3. The molecule has 8 nitrogen and oxygen atoms in total. The SMILES string of the molecule is CC1(C)c2ccccc2-c2cc3c4ccccc4n(-c4cccc(-c5nc(-c6ccccc6)cc(-c6ccccc6)n5)c4)c3cc21.CC1(C)c2ccccc2-c2cc3c4ccccc4n(-c4nccc(-c5cccc(-c6ccc(-c7ccccc7)cc6)c5)n4)c3cc21.c1ccc(-c2ccc(-c3cc(-n4c5ccccc5c5c6sc7ccccc7c6ccc54)nc4ccccc34)cc2)cc1. The van der Waals surface area contributed by atoms with Gasteiger partial charge in [-0.05, 0) is 186 Å². The molecule has 27 rings (SSSR count). The van der Waals surface area contributed by atoms with Crippen molar-refractivity contribution in [2.75, 3.05) is 0 Å². The largest absolute Gasteiger partial charge is 0.309 e. The van der Waals surface area contributed by atoms with E-state index >= 15 is 0 Å². The van der Waals surface area contributed by atoms with Gasteiger partial charge in [-0.2, -0.15) is 0 Å². The first-order valence-corrected chi connectivity index (χ1v) is 46.7. The summed E-state index contributed by atoms with van der Waals surface area (Å²) in [4.78, 5) is 25.5.